The van der Waals surface area contributed by atoms with Crippen LogP contribution < -0.4 is 48.5 Å². The van der Waals surface area contributed by atoms with Crippen LogP contribution in [0, 0.1) is 11.8 Å². The highest BCUT2D eigenvalue weighted by Crippen LogP contribution is 2.18. The highest BCUT2D eigenvalue weighted by Gasteiger charge is 2.36. The molecule has 1 saturated heterocycles. The van der Waals surface area contributed by atoms with Crippen molar-refractivity contribution in [1.29, 1.82) is 0 Å². The maximum absolute atomic E-state index is 13.4. The van der Waals surface area contributed by atoms with Crippen molar-refractivity contribution in [3.05, 3.63) is 0 Å². The normalized spacial score (nSPS) is 15.8. The summed E-state index contributed by atoms with van der Waals surface area (Å²) in [4.78, 5) is 140. The third-order valence-corrected chi connectivity index (χ3v) is 9.24. The van der Waals surface area contributed by atoms with Crippen LogP contribution in [0.4, 0.5) is 9.59 Å². The van der Waals surface area contributed by atoms with E-state index >= 15 is 0 Å². The quantitative estimate of drug-likeness (QED) is 0.0322. The number of nitrogens with one attached hydrogen (secondary N) is 8. The Morgan fingerprint density at radius 2 is 1.45 bits per heavy atom. The predicted molar refractivity (Wildman–Crippen MR) is 212 cm³/mol. The van der Waals surface area contributed by atoms with E-state index in [9.17, 15) is 52.7 Å². The minimum atomic E-state index is -1.45. The molecule has 0 aliphatic carbocycles. The molecular formula is C37H62N10O13. The first-order valence-electron chi connectivity index (χ1n) is 19.9. The highest BCUT2D eigenvalue weighted by molar-refractivity contribution is 6.40. The molecule has 0 radical (unpaired) electrons. The van der Waals surface area contributed by atoms with Crippen LogP contribution in [-0.4, -0.2) is 140 Å². The van der Waals surface area contributed by atoms with Gasteiger partial charge in [0.15, 0.2) is 0 Å². The summed E-state index contributed by atoms with van der Waals surface area (Å²) in [6.07, 6.45) is -0.302. The first kappa shape index (κ1) is 52.1. The molecule has 23 heteroatoms. The van der Waals surface area contributed by atoms with Gasteiger partial charge in [-0.3, -0.25) is 48.6 Å². The number of ketones is 2. The van der Waals surface area contributed by atoms with E-state index in [2.05, 4.69) is 47.5 Å². The van der Waals surface area contributed by atoms with Gasteiger partial charge in [0, 0.05) is 13.0 Å². The number of carbonyl (C=O) groups is 11. The van der Waals surface area contributed by atoms with Crippen molar-refractivity contribution < 1.29 is 62.2 Å². The smallest absolute Gasteiger partial charge is 0.421 e. The van der Waals surface area contributed by atoms with Crippen molar-refractivity contribution in [3.63, 3.8) is 0 Å². The number of alkyl carbamates (subject to hydrolysis) is 1. The first-order valence-corrected chi connectivity index (χ1v) is 19.9. The predicted octanol–water partition coefficient (Wildman–Crippen LogP) is -2.45. The molecule has 1 unspecified atom stereocenters. The van der Waals surface area contributed by atoms with E-state index in [1.54, 1.807) is 13.8 Å². The number of carbonyl (C=O) groups excluding carboxylic acids is 11. The summed E-state index contributed by atoms with van der Waals surface area (Å²) >= 11 is 0. The van der Waals surface area contributed by atoms with Crippen LogP contribution >= 0.6 is 0 Å². The first-order chi connectivity index (χ1) is 28.2. The van der Waals surface area contributed by atoms with E-state index in [4.69, 9.17) is 10.5 Å². The molecule has 1 aliphatic heterocycles. The largest absolute Gasteiger partial charge is 0.453 e. The Balaban J connectivity index is 2.82. The van der Waals surface area contributed by atoms with Crippen molar-refractivity contribution in [2.75, 3.05) is 39.9 Å². The van der Waals surface area contributed by atoms with Gasteiger partial charge in [0.2, 0.25) is 52.9 Å². The number of primary amides is 1. The van der Waals surface area contributed by atoms with Gasteiger partial charge in [-0.25, -0.2) is 15.0 Å². The van der Waals surface area contributed by atoms with Crippen LogP contribution in [0.3, 0.4) is 0 Å². The summed E-state index contributed by atoms with van der Waals surface area (Å²) in [5.74, 6) is -7.61. The summed E-state index contributed by atoms with van der Waals surface area (Å²) in [7, 11) is 1.03. The number of likely N-dealkylation sites (tertiary alicyclic amines) is 1. The molecule has 0 aromatic rings. The minimum absolute atomic E-state index is 0.0658. The summed E-state index contributed by atoms with van der Waals surface area (Å²) < 4.78 is 9.30. The zero-order valence-electron chi connectivity index (χ0n) is 35.4. The third-order valence-electron chi connectivity index (χ3n) is 9.24. The number of nitrogens with zero attached hydrogens (tertiary/aromatic N) is 1. The zero-order valence-corrected chi connectivity index (χ0v) is 35.4. The molecule has 60 heavy (non-hydrogen) atoms. The molecule has 0 aromatic carbocycles. The Hall–Kier alpha value is -5.87. The van der Waals surface area contributed by atoms with Crippen LogP contribution in [0.2, 0.25) is 0 Å². The SMILES string of the molecule is CCCOC(=O)NNCC(=O)N1CCC[C@H]1C(=O)N[C@@H](CC(C)C)C(=O)NCC(=O)N[C@H](C(=O)NC(C)C(=O)NCC(=O)C(=O)[C@H](CCC(N)=O)NC(=O)OC)[C@@H](C)CC. The number of Topliss-reactive ketones (excluding diaryl/α,β-unsaturated/α-hetero) is 2. The average Bonchev–Trinajstić information content (AvgIpc) is 3.71. The number of hydrogen-bond acceptors (Lipinski definition) is 14. The Morgan fingerprint density at radius 3 is 2.05 bits per heavy atom. The van der Waals surface area contributed by atoms with Crippen molar-refractivity contribution in [2.24, 2.45) is 17.6 Å². The topological polar surface area (TPSA) is 332 Å². The number of amides is 9. The Labute approximate surface area is 348 Å². The lowest BCUT2D eigenvalue weighted by molar-refractivity contribution is -0.139. The van der Waals surface area contributed by atoms with Gasteiger partial charge < -0.3 is 52.0 Å². The standard InChI is InChI=1S/C37H62N10O13/c1-8-15-60-37(58)46-41-19-29(51)47-14-10-11-25(47)34(55)43-24(16-20(3)4)33(54)40-18-28(50)45-30(21(5)9-2)35(56)42-22(6)32(53)39-17-26(48)31(52)23(12-13-27(38)49)44-36(57)59-7/h20-25,30,41H,8-19H2,1-7H3,(H2,38,49)(H,39,53)(H,40,54)(H,42,56)(H,43,55)(H,44,57)(H,45,50)(H,46,58)/t21-,22?,23-,24-,25-,30-/m0/s1. The molecule has 1 aliphatic rings. The van der Waals surface area contributed by atoms with E-state index in [0.717, 1.165) is 7.11 Å². The monoisotopic (exact) mass is 854 g/mol. The lowest BCUT2D eigenvalue weighted by Crippen LogP contribution is -2.57. The number of nitrogens with two attached hydrogens (primary N) is 1. The number of hydrazine groups is 1. The lowest BCUT2D eigenvalue weighted by atomic mass is 9.98. The van der Waals surface area contributed by atoms with Crippen molar-refractivity contribution >= 4 is 65.1 Å². The van der Waals surface area contributed by atoms with Gasteiger partial charge in [-0.1, -0.05) is 41.0 Å². The van der Waals surface area contributed by atoms with Crippen LogP contribution in [0.5, 0.6) is 0 Å². The average molecular weight is 855 g/mol. The van der Waals surface area contributed by atoms with Gasteiger partial charge in [-0.15, -0.1) is 0 Å². The summed E-state index contributed by atoms with van der Waals surface area (Å²) in [5, 5.41) is 14.6. The molecule has 0 spiro atoms. The van der Waals surface area contributed by atoms with E-state index in [1.165, 1.54) is 11.8 Å². The van der Waals surface area contributed by atoms with E-state index in [-0.39, 0.29) is 44.9 Å². The van der Waals surface area contributed by atoms with E-state index in [1.807, 2.05) is 20.8 Å². The lowest BCUT2D eigenvalue weighted by Gasteiger charge is -2.27. The molecular weight excluding hydrogens is 792 g/mol. The Bertz CT molecular complexity index is 1560. The second-order valence-electron chi connectivity index (χ2n) is 14.6. The summed E-state index contributed by atoms with van der Waals surface area (Å²) in [6, 6.07) is -5.81. The second kappa shape index (κ2) is 27.0. The van der Waals surface area contributed by atoms with Crippen LogP contribution in [0.1, 0.15) is 86.5 Å². The number of hydrogen-bond donors (Lipinski definition) is 9. The molecule has 23 nitrogen and oxygen atoms in total. The molecule has 338 valence electrons. The van der Waals surface area contributed by atoms with Gasteiger partial charge in [0.05, 0.1) is 39.4 Å². The van der Waals surface area contributed by atoms with Gasteiger partial charge >= 0.3 is 12.2 Å². The Morgan fingerprint density at radius 1 is 0.783 bits per heavy atom. The molecule has 6 atom stereocenters. The van der Waals surface area contributed by atoms with Gasteiger partial charge in [0.25, 0.3) is 0 Å². The maximum Gasteiger partial charge on any atom is 0.421 e. The van der Waals surface area contributed by atoms with Gasteiger partial charge in [-0.2, -0.15) is 0 Å². The number of ether oxygens (including phenoxy) is 2. The fourth-order valence-corrected chi connectivity index (χ4v) is 5.78. The molecule has 0 saturated carbocycles. The van der Waals surface area contributed by atoms with Gasteiger partial charge in [0.1, 0.15) is 24.2 Å². The zero-order chi connectivity index (χ0) is 45.5. The second-order valence-corrected chi connectivity index (χ2v) is 14.6. The fourth-order valence-electron chi connectivity index (χ4n) is 5.78. The molecule has 0 aromatic heterocycles. The summed E-state index contributed by atoms with van der Waals surface area (Å²) in [6.45, 7) is 9.04. The number of methoxy groups -OCH3 is 1. The van der Waals surface area contributed by atoms with Crippen molar-refractivity contribution in [2.45, 2.75) is 117 Å². The Kier molecular flexibility index (Phi) is 23.5. The van der Waals surface area contributed by atoms with Crippen LogP contribution in [0.15, 0.2) is 0 Å². The van der Waals surface area contributed by atoms with Gasteiger partial charge in [-0.05, 0) is 50.9 Å². The fraction of sp³-hybridized carbons (Fsp3) is 0.703. The van der Waals surface area contributed by atoms with Crippen molar-refractivity contribution in [1.82, 2.24) is 47.7 Å². The minimum Gasteiger partial charge on any atom is -0.453 e. The van der Waals surface area contributed by atoms with E-state index in [0.29, 0.717) is 25.7 Å². The molecule has 10 N–H and O–H groups in total. The molecule has 1 rings (SSSR count). The molecule has 0 bridgehead atoms. The van der Waals surface area contributed by atoms with Crippen LogP contribution in [0.25, 0.3) is 0 Å². The molecule has 1 heterocycles. The molecule has 1 fully saturated rings. The summed E-state index contributed by atoms with van der Waals surface area (Å²) in [5.41, 5.74) is 9.83. The maximum atomic E-state index is 13.4. The highest BCUT2D eigenvalue weighted by atomic mass is 16.6. The number of rotatable bonds is 26. The van der Waals surface area contributed by atoms with Crippen LogP contribution in [-0.2, 0) is 52.6 Å². The molecule has 9 amide bonds. The third kappa shape index (κ3) is 18.8. The van der Waals surface area contributed by atoms with E-state index < -0.39 is 114 Å². The van der Waals surface area contributed by atoms with Crippen molar-refractivity contribution in [3.8, 4) is 0 Å².